The highest BCUT2D eigenvalue weighted by Gasteiger charge is 2.21. The average Bonchev–Trinajstić information content (AvgIpc) is 2.40. The van der Waals surface area contributed by atoms with Crippen molar-refractivity contribution in [3.8, 4) is 0 Å². The number of benzene rings is 1. The molecule has 0 atom stereocenters. The smallest absolute Gasteiger partial charge is 0.223 e. The van der Waals surface area contributed by atoms with Crippen molar-refractivity contribution in [1.29, 1.82) is 0 Å². The van der Waals surface area contributed by atoms with Crippen molar-refractivity contribution >= 4 is 27.5 Å². The van der Waals surface area contributed by atoms with Gasteiger partial charge in [0, 0.05) is 43.6 Å². The minimum absolute atomic E-state index is 0.171. The largest absolute Gasteiger partial charge is 0.367 e. The van der Waals surface area contributed by atoms with E-state index in [0.29, 0.717) is 13.0 Å². The average molecular weight is 312 g/mol. The predicted octanol–water partition coefficient (Wildman–Crippen LogP) is 1.45. The summed E-state index contributed by atoms with van der Waals surface area (Å²) in [7, 11) is 0. The lowest BCUT2D eigenvalue weighted by molar-refractivity contribution is -0.131. The zero-order valence-electron chi connectivity index (χ0n) is 10.3. The molecule has 2 N–H and O–H groups in total. The van der Waals surface area contributed by atoms with Gasteiger partial charge in [-0.25, -0.2) is 0 Å². The first kappa shape index (κ1) is 13.4. The highest BCUT2D eigenvalue weighted by molar-refractivity contribution is 9.10. The van der Waals surface area contributed by atoms with Gasteiger partial charge in [0.1, 0.15) is 0 Å². The van der Waals surface area contributed by atoms with E-state index in [0.717, 1.165) is 30.7 Å². The van der Waals surface area contributed by atoms with Crippen molar-refractivity contribution in [1.82, 2.24) is 4.90 Å². The summed E-state index contributed by atoms with van der Waals surface area (Å²) in [4.78, 5) is 15.9. The van der Waals surface area contributed by atoms with Crippen LogP contribution in [-0.2, 0) is 4.79 Å². The molecule has 0 radical (unpaired) electrons. The first-order valence-electron chi connectivity index (χ1n) is 6.19. The SMILES string of the molecule is NCCC(=O)N1CCN(c2ccccc2Br)CC1. The number of hydrogen-bond donors (Lipinski definition) is 1. The minimum atomic E-state index is 0.171. The summed E-state index contributed by atoms with van der Waals surface area (Å²) in [6, 6.07) is 8.18. The third-order valence-electron chi connectivity index (χ3n) is 3.18. The number of rotatable bonds is 3. The van der Waals surface area contributed by atoms with Gasteiger partial charge in [-0.05, 0) is 28.1 Å². The number of piperazine rings is 1. The van der Waals surface area contributed by atoms with Crippen LogP contribution < -0.4 is 10.6 Å². The fraction of sp³-hybridized carbons (Fsp3) is 0.462. The van der Waals surface area contributed by atoms with Crippen LogP contribution in [0.5, 0.6) is 0 Å². The molecule has 18 heavy (non-hydrogen) atoms. The molecule has 4 nitrogen and oxygen atoms in total. The summed E-state index contributed by atoms with van der Waals surface area (Å²) in [6.45, 7) is 3.74. The van der Waals surface area contributed by atoms with E-state index >= 15 is 0 Å². The molecule has 0 spiro atoms. The lowest BCUT2D eigenvalue weighted by atomic mass is 10.2. The quantitative estimate of drug-likeness (QED) is 0.919. The third-order valence-corrected chi connectivity index (χ3v) is 3.85. The third kappa shape index (κ3) is 3.03. The van der Waals surface area contributed by atoms with E-state index in [9.17, 15) is 4.79 Å². The van der Waals surface area contributed by atoms with Gasteiger partial charge in [0.25, 0.3) is 0 Å². The van der Waals surface area contributed by atoms with Crippen molar-refractivity contribution < 1.29 is 4.79 Å². The number of para-hydroxylation sites is 1. The highest BCUT2D eigenvalue weighted by Crippen LogP contribution is 2.26. The Hall–Kier alpha value is -1.07. The van der Waals surface area contributed by atoms with Gasteiger partial charge in [0.05, 0.1) is 5.69 Å². The minimum Gasteiger partial charge on any atom is -0.367 e. The number of nitrogens with zero attached hydrogens (tertiary/aromatic N) is 2. The van der Waals surface area contributed by atoms with Crippen molar-refractivity contribution in [2.45, 2.75) is 6.42 Å². The molecular weight excluding hydrogens is 294 g/mol. The molecule has 0 bridgehead atoms. The molecule has 0 saturated carbocycles. The molecule has 1 aromatic carbocycles. The topological polar surface area (TPSA) is 49.6 Å². The number of halogens is 1. The van der Waals surface area contributed by atoms with E-state index in [1.165, 1.54) is 5.69 Å². The molecule has 0 aromatic heterocycles. The normalized spacial score (nSPS) is 15.9. The van der Waals surface area contributed by atoms with Crippen LogP contribution in [0.3, 0.4) is 0 Å². The Labute approximate surface area is 116 Å². The molecule has 2 rings (SSSR count). The highest BCUT2D eigenvalue weighted by atomic mass is 79.9. The maximum atomic E-state index is 11.7. The fourth-order valence-corrected chi connectivity index (χ4v) is 2.72. The maximum absolute atomic E-state index is 11.7. The Morgan fingerprint density at radius 2 is 1.89 bits per heavy atom. The van der Waals surface area contributed by atoms with Crippen LogP contribution in [-0.4, -0.2) is 43.5 Å². The van der Waals surface area contributed by atoms with Gasteiger partial charge in [-0.15, -0.1) is 0 Å². The van der Waals surface area contributed by atoms with Crippen LogP contribution in [0.1, 0.15) is 6.42 Å². The Morgan fingerprint density at radius 3 is 2.50 bits per heavy atom. The summed E-state index contributed by atoms with van der Waals surface area (Å²) in [5.41, 5.74) is 6.61. The second-order valence-corrected chi connectivity index (χ2v) is 5.21. The van der Waals surface area contributed by atoms with Gasteiger partial charge in [-0.1, -0.05) is 12.1 Å². The number of anilines is 1. The van der Waals surface area contributed by atoms with Crippen LogP contribution in [0.15, 0.2) is 28.7 Å². The predicted molar refractivity (Wildman–Crippen MR) is 76.6 cm³/mol. The molecule has 1 amide bonds. The first-order chi connectivity index (χ1) is 8.72. The van der Waals surface area contributed by atoms with Crippen molar-refractivity contribution in [2.75, 3.05) is 37.6 Å². The molecular formula is C13H18BrN3O. The monoisotopic (exact) mass is 311 g/mol. The van der Waals surface area contributed by atoms with E-state index in [4.69, 9.17) is 5.73 Å². The number of amides is 1. The Balaban J connectivity index is 1.95. The van der Waals surface area contributed by atoms with Crippen molar-refractivity contribution in [3.05, 3.63) is 28.7 Å². The molecule has 5 heteroatoms. The molecule has 1 aromatic rings. The molecule has 1 aliphatic rings. The number of nitrogens with two attached hydrogens (primary N) is 1. The Kier molecular flexibility index (Phi) is 4.60. The Morgan fingerprint density at radius 1 is 1.22 bits per heavy atom. The van der Waals surface area contributed by atoms with Crippen molar-refractivity contribution in [3.63, 3.8) is 0 Å². The summed E-state index contributed by atoms with van der Waals surface area (Å²) in [6.07, 6.45) is 0.453. The second kappa shape index (κ2) is 6.20. The van der Waals surface area contributed by atoms with Gasteiger partial charge in [-0.3, -0.25) is 4.79 Å². The molecule has 98 valence electrons. The molecule has 0 unspecified atom stereocenters. The van der Waals surface area contributed by atoms with E-state index < -0.39 is 0 Å². The van der Waals surface area contributed by atoms with E-state index in [2.05, 4.69) is 26.9 Å². The molecule has 1 saturated heterocycles. The maximum Gasteiger partial charge on any atom is 0.223 e. The van der Waals surface area contributed by atoms with Gasteiger partial charge in [-0.2, -0.15) is 0 Å². The van der Waals surface area contributed by atoms with Crippen molar-refractivity contribution in [2.24, 2.45) is 5.73 Å². The number of carbonyl (C=O) groups excluding carboxylic acids is 1. The van der Waals surface area contributed by atoms with E-state index in [1.54, 1.807) is 0 Å². The Bertz CT molecular complexity index is 416. The summed E-state index contributed by atoms with van der Waals surface area (Å²) >= 11 is 3.56. The molecule has 1 heterocycles. The van der Waals surface area contributed by atoms with Crippen LogP contribution >= 0.6 is 15.9 Å². The molecule has 1 fully saturated rings. The second-order valence-electron chi connectivity index (χ2n) is 4.36. The summed E-state index contributed by atoms with van der Waals surface area (Å²) in [5, 5.41) is 0. The number of hydrogen-bond acceptors (Lipinski definition) is 3. The van der Waals surface area contributed by atoms with Crippen LogP contribution in [0.2, 0.25) is 0 Å². The van der Waals surface area contributed by atoms with E-state index in [-0.39, 0.29) is 5.91 Å². The zero-order valence-corrected chi connectivity index (χ0v) is 11.9. The zero-order chi connectivity index (χ0) is 13.0. The van der Waals surface area contributed by atoms with Crippen LogP contribution in [0.4, 0.5) is 5.69 Å². The van der Waals surface area contributed by atoms with Crippen LogP contribution in [0.25, 0.3) is 0 Å². The van der Waals surface area contributed by atoms with Gasteiger partial charge in [0.15, 0.2) is 0 Å². The standard InChI is InChI=1S/C13H18BrN3O/c14-11-3-1-2-4-12(11)16-7-9-17(10-8-16)13(18)5-6-15/h1-4H,5-10,15H2. The number of carbonyl (C=O) groups is 1. The van der Waals surface area contributed by atoms with E-state index in [1.807, 2.05) is 23.1 Å². The first-order valence-corrected chi connectivity index (χ1v) is 6.99. The summed E-state index contributed by atoms with van der Waals surface area (Å²) < 4.78 is 1.10. The lowest BCUT2D eigenvalue weighted by Gasteiger charge is -2.36. The van der Waals surface area contributed by atoms with Gasteiger partial charge < -0.3 is 15.5 Å². The lowest BCUT2D eigenvalue weighted by Crippen LogP contribution is -2.49. The fourth-order valence-electron chi connectivity index (χ4n) is 2.19. The molecule has 0 aliphatic carbocycles. The van der Waals surface area contributed by atoms with Gasteiger partial charge in [0.2, 0.25) is 5.91 Å². The van der Waals surface area contributed by atoms with Gasteiger partial charge >= 0.3 is 0 Å². The van der Waals surface area contributed by atoms with Crippen LogP contribution in [0, 0.1) is 0 Å². The summed E-state index contributed by atoms with van der Waals surface area (Å²) in [5.74, 6) is 0.171. The molecule has 1 aliphatic heterocycles.